The van der Waals surface area contributed by atoms with Crippen LogP contribution in [0.4, 0.5) is 0 Å². The summed E-state index contributed by atoms with van der Waals surface area (Å²) in [6, 6.07) is 5.19. The molecule has 0 aromatic carbocycles. The molecule has 1 aromatic rings. The molecule has 13 heavy (non-hydrogen) atoms. The van der Waals surface area contributed by atoms with Gasteiger partial charge in [-0.3, -0.25) is 0 Å². The van der Waals surface area contributed by atoms with Crippen molar-refractivity contribution in [3.05, 3.63) is 21.9 Å². The summed E-state index contributed by atoms with van der Waals surface area (Å²) in [6.45, 7) is 3.23. The number of aryl methyl sites for hydroxylation is 1. The average molecular weight is 213 g/mol. The van der Waals surface area contributed by atoms with Crippen molar-refractivity contribution < 1.29 is 0 Å². The van der Waals surface area contributed by atoms with Crippen molar-refractivity contribution >= 4 is 23.1 Å². The number of rotatable bonds is 3. The Morgan fingerprint density at radius 2 is 2.46 bits per heavy atom. The minimum atomic E-state index is 0.757. The molecule has 0 amide bonds. The number of nitrogens with one attached hydrogen (secondary N) is 1. The summed E-state index contributed by atoms with van der Waals surface area (Å²) in [4.78, 5) is 2.88. The van der Waals surface area contributed by atoms with Crippen LogP contribution in [0.3, 0.4) is 0 Å². The number of hydrogen-bond donors (Lipinski definition) is 1. The van der Waals surface area contributed by atoms with E-state index in [0.29, 0.717) is 0 Å². The van der Waals surface area contributed by atoms with E-state index in [0.717, 1.165) is 12.6 Å². The summed E-state index contributed by atoms with van der Waals surface area (Å²) in [5, 5.41) is 3.60. The van der Waals surface area contributed by atoms with Gasteiger partial charge in [0.25, 0.3) is 0 Å². The van der Waals surface area contributed by atoms with Gasteiger partial charge in [0.1, 0.15) is 0 Å². The van der Waals surface area contributed by atoms with E-state index in [1.807, 2.05) is 11.3 Å². The van der Waals surface area contributed by atoms with Crippen molar-refractivity contribution in [2.75, 3.05) is 11.5 Å². The van der Waals surface area contributed by atoms with Crippen molar-refractivity contribution in [3.63, 3.8) is 0 Å². The Balaban J connectivity index is 1.78. The largest absolute Gasteiger partial charge is 0.308 e. The molecule has 0 aliphatic carbocycles. The highest BCUT2D eigenvalue weighted by atomic mass is 32.2. The molecule has 72 valence electrons. The lowest BCUT2D eigenvalue weighted by Crippen LogP contribution is -2.27. The molecular weight excluding hydrogens is 198 g/mol. The van der Waals surface area contributed by atoms with Crippen LogP contribution in [0.2, 0.25) is 0 Å². The molecule has 1 atom stereocenters. The van der Waals surface area contributed by atoms with E-state index in [9.17, 15) is 0 Å². The van der Waals surface area contributed by atoms with Gasteiger partial charge in [-0.1, -0.05) is 0 Å². The molecule has 0 radical (unpaired) electrons. The molecule has 1 N–H and O–H groups in total. The molecule has 3 heteroatoms. The third kappa shape index (κ3) is 2.73. The van der Waals surface area contributed by atoms with Crippen LogP contribution >= 0.6 is 23.1 Å². The van der Waals surface area contributed by atoms with E-state index in [-0.39, 0.29) is 0 Å². The average Bonchev–Trinajstić information content (AvgIpc) is 2.71. The van der Waals surface area contributed by atoms with Gasteiger partial charge in [-0.05, 0) is 31.2 Å². The van der Waals surface area contributed by atoms with Gasteiger partial charge in [-0.2, -0.15) is 11.8 Å². The maximum Gasteiger partial charge on any atom is 0.0302 e. The molecule has 1 nitrogen and oxygen atoms in total. The lowest BCUT2D eigenvalue weighted by Gasteiger charge is -2.09. The standard InChI is InChI=1S/C10H15NS2/c1-8-2-3-10(13-8)6-11-9-4-5-12-7-9/h2-3,9,11H,4-7H2,1H3. The molecular formula is C10H15NS2. The quantitative estimate of drug-likeness (QED) is 0.828. The molecule has 1 aromatic heterocycles. The highest BCUT2D eigenvalue weighted by molar-refractivity contribution is 7.99. The van der Waals surface area contributed by atoms with Crippen LogP contribution in [-0.2, 0) is 6.54 Å². The number of thioether (sulfide) groups is 1. The van der Waals surface area contributed by atoms with E-state index in [4.69, 9.17) is 0 Å². The smallest absolute Gasteiger partial charge is 0.0302 e. The van der Waals surface area contributed by atoms with Crippen molar-refractivity contribution in [2.45, 2.75) is 25.9 Å². The minimum absolute atomic E-state index is 0.757. The maximum absolute atomic E-state index is 3.60. The summed E-state index contributed by atoms with van der Waals surface area (Å²) in [6.07, 6.45) is 1.34. The maximum atomic E-state index is 3.60. The van der Waals surface area contributed by atoms with Crippen molar-refractivity contribution in [1.29, 1.82) is 0 Å². The van der Waals surface area contributed by atoms with Crippen molar-refractivity contribution in [1.82, 2.24) is 5.32 Å². The normalized spacial score (nSPS) is 22.4. The van der Waals surface area contributed by atoms with Gasteiger partial charge in [0, 0.05) is 28.1 Å². The molecule has 1 fully saturated rings. The Morgan fingerprint density at radius 1 is 1.54 bits per heavy atom. The molecule has 0 spiro atoms. The van der Waals surface area contributed by atoms with Gasteiger partial charge in [0.2, 0.25) is 0 Å². The predicted octanol–water partition coefficient (Wildman–Crippen LogP) is 2.65. The number of hydrogen-bond acceptors (Lipinski definition) is 3. The summed E-state index contributed by atoms with van der Waals surface area (Å²) in [5.41, 5.74) is 0. The second-order valence-corrected chi connectivity index (χ2v) is 5.98. The SMILES string of the molecule is Cc1ccc(CNC2CCSC2)s1. The first-order valence-corrected chi connectivity index (χ1v) is 6.68. The fourth-order valence-corrected chi connectivity index (χ4v) is 3.55. The first kappa shape index (κ1) is 9.56. The lowest BCUT2D eigenvalue weighted by molar-refractivity contribution is 0.561. The van der Waals surface area contributed by atoms with Crippen LogP contribution < -0.4 is 5.32 Å². The topological polar surface area (TPSA) is 12.0 Å². The van der Waals surface area contributed by atoms with Gasteiger partial charge in [0.15, 0.2) is 0 Å². The molecule has 0 saturated carbocycles. The van der Waals surface area contributed by atoms with Crippen LogP contribution in [0.1, 0.15) is 16.2 Å². The Kier molecular flexibility index (Phi) is 3.30. The zero-order valence-corrected chi connectivity index (χ0v) is 9.51. The second-order valence-electron chi connectivity index (χ2n) is 3.45. The molecule has 1 aliphatic heterocycles. The highest BCUT2D eigenvalue weighted by Crippen LogP contribution is 2.19. The van der Waals surface area contributed by atoms with E-state index < -0.39 is 0 Å². The van der Waals surface area contributed by atoms with Gasteiger partial charge in [-0.15, -0.1) is 11.3 Å². The van der Waals surface area contributed by atoms with Gasteiger partial charge in [-0.25, -0.2) is 0 Å². The fourth-order valence-electron chi connectivity index (χ4n) is 1.52. The summed E-state index contributed by atoms with van der Waals surface area (Å²) >= 11 is 3.97. The summed E-state index contributed by atoms with van der Waals surface area (Å²) in [7, 11) is 0. The molecule has 1 unspecified atom stereocenters. The second kappa shape index (κ2) is 4.49. The van der Waals surface area contributed by atoms with Crippen LogP contribution in [0.25, 0.3) is 0 Å². The zero-order valence-electron chi connectivity index (χ0n) is 7.88. The molecule has 2 rings (SSSR count). The Hall–Kier alpha value is 0.01000. The highest BCUT2D eigenvalue weighted by Gasteiger charge is 2.14. The number of thiophene rings is 1. The van der Waals surface area contributed by atoms with Crippen LogP contribution in [0.15, 0.2) is 12.1 Å². The third-order valence-electron chi connectivity index (χ3n) is 2.29. The summed E-state index contributed by atoms with van der Waals surface area (Å²) in [5.74, 6) is 2.63. The van der Waals surface area contributed by atoms with Crippen LogP contribution in [0.5, 0.6) is 0 Å². The predicted molar refractivity (Wildman–Crippen MR) is 61.6 cm³/mol. The molecule has 1 saturated heterocycles. The van der Waals surface area contributed by atoms with Crippen molar-refractivity contribution in [3.8, 4) is 0 Å². The van der Waals surface area contributed by atoms with E-state index in [1.165, 1.54) is 27.7 Å². The third-order valence-corrected chi connectivity index (χ3v) is 4.45. The monoisotopic (exact) mass is 213 g/mol. The van der Waals surface area contributed by atoms with Gasteiger partial charge in [0.05, 0.1) is 0 Å². The Labute approximate surface area is 87.9 Å². The molecule has 0 bridgehead atoms. The van der Waals surface area contributed by atoms with Crippen LogP contribution in [-0.4, -0.2) is 17.5 Å². The van der Waals surface area contributed by atoms with E-state index in [2.05, 4.69) is 36.1 Å². The first-order valence-electron chi connectivity index (χ1n) is 4.71. The summed E-state index contributed by atoms with van der Waals surface area (Å²) < 4.78 is 0. The van der Waals surface area contributed by atoms with Crippen molar-refractivity contribution in [2.24, 2.45) is 0 Å². The lowest BCUT2D eigenvalue weighted by atomic mass is 10.2. The minimum Gasteiger partial charge on any atom is -0.308 e. The zero-order chi connectivity index (χ0) is 9.10. The Morgan fingerprint density at radius 3 is 3.08 bits per heavy atom. The van der Waals surface area contributed by atoms with Gasteiger partial charge >= 0.3 is 0 Å². The Bertz CT molecular complexity index is 264. The van der Waals surface area contributed by atoms with E-state index in [1.54, 1.807) is 0 Å². The van der Waals surface area contributed by atoms with E-state index >= 15 is 0 Å². The first-order chi connectivity index (χ1) is 6.34. The fraction of sp³-hybridized carbons (Fsp3) is 0.600. The van der Waals surface area contributed by atoms with Crippen LogP contribution in [0, 0.1) is 6.92 Å². The van der Waals surface area contributed by atoms with Gasteiger partial charge < -0.3 is 5.32 Å². The molecule has 2 heterocycles. The molecule has 1 aliphatic rings.